The van der Waals surface area contributed by atoms with Crippen molar-refractivity contribution in [3.05, 3.63) is 247 Å². The normalized spacial score (nSPS) is 15.0. The minimum atomic E-state index is -0.357. The Kier molecular flexibility index (Phi) is 18.0. The number of alkyl halides is 1. The SMILES string of the molecule is ClCCN1CCc2ccccc2C1.O=c1[nH]c2cc(F)ccc2n2cccc12.O=c1c2cccn2c2ccc(F)cc2n1CCN1CCc2ccccc2C1.OCCN1CCc2ccccc2C1.c1ccc2c(c1)CCNC2. The lowest BCUT2D eigenvalue weighted by Crippen LogP contribution is -2.35. The van der Waals surface area contributed by atoms with E-state index < -0.39 is 0 Å². The molecule has 0 radical (unpaired) electrons. The summed E-state index contributed by atoms with van der Waals surface area (Å²) in [5.41, 5.74) is 15.3. The van der Waals surface area contributed by atoms with Crippen molar-refractivity contribution in [3.63, 3.8) is 0 Å². The highest BCUT2D eigenvalue weighted by atomic mass is 35.5. The van der Waals surface area contributed by atoms with Gasteiger partial charge in [0.1, 0.15) is 22.7 Å². The number of fused-ring (bicyclic) bond motifs is 10. The summed E-state index contributed by atoms with van der Waals surface area (Å²) in [6, 6.07) is 50.6. The first-order valence-electron chi connectivity index (χ1n) is 27.1. The van der Waals surface area contributed by atoms with Crippen LogP contribution in [0, 0.1) is 11.6 Å². The van der Waals surface area contributed by atoms with Crippen LogP contribution >= 0.6 is 11.6 Å². The molecule has 0 fully saturated rings. The minimum Gasteiger partial charge on any atom is -0.395 e. The predicted octanol–water partition coefficient (Wildman–Crippen LogP) is 10.0. The number of aromatic nitrogens is 4. The van der Waals surface area contributed by atoms with Crippen LogP contribution in [0.5, 0.6) is 0 Å². The molecule has 8 heterocycles. The molecule has 4 aliphatic rings. The molecule has 10 aromatic rings. The Balaban J connectivity index is 0.000000116. The van der Waals surface area contributed by atoms with E-state index in [1.165, 1.54) is 81.6 Å². The third kappa shape index (κ3) is 13.0. The van der Waals surface area contributed by atoms with Crippen molar-refractivity contribution in [2.45, 2.75) is 58.4 Å². The maximum atomic E-state index is 13.9. The number of hydrogen-bond donors (Lipinski definition) is 3. The van der Waals surface area contributed by atoms with E-state index in [2.05, 4.69) is 122 Å². The Bertz CT molecular complexity index is 3670. The summed E-state index contributed by atoms with van der Waals surface area (Å²) in [6.45, 7) is 11.7. The summed E-state index contributed by atoms with van der Waals surface area (Å²) in [5, 5.41) is 12.2. The van der Waals surface area contributed by atoms with Gasteiger partial charge in [-0.1, -0.05) is 97.1 Å². The molecule has 0 saturated carbocycles. The number of rotatable bonds is 7. The molecular weight excluding hydrogens is 1000 g/mol. The molecule has 0 unspecified atom stereocenters. The predicted molar refractivity (Wildman–Crippen MR) is 311 cm³/mol. The monoisotopic (exact) mass is 1070 g/mol. The number of benzene rings is 6. The van der Waals surface area contributed by atoms with Gasteiger partial charge in [-0.2, -0.15) is 0 Å². The second-order valence-corrected chi connectivity index (χ2v) is 20.6. The zero-order chi connectivity index (χ0) is 53.8. The largest absolute Gasteiger partial charge is 0.395 e. The molecule has 0 atom stereocenters. The van der Waals surface area contributed by atoms with Gasteiger partial charge in [-0.15, -0.1) is 11.6 Å². The Morgan fingerprint density at radius 2 is 0.962 bits per heavy atom. The van der Waals surface area contributed by atoms with Crippen LogP contribution in [0.1, 0.15) is 44.5 Å². The van der Waals surface area contributed by atoms with Crippen LogP contribution in [0.25, 0.3) is 33.1 Å². The summed E-state index contributed by atoms with van der Waals surface area (Å²) < 4.78 is 32.2. The van der Waals surface area contributed by atoms with Gasteiger partial charge in [0, 0.05) is 90.3 Å². The number of aromatic amines is 1. The first kappa shape index (κ1) is 54.1. The van der Waals surface area contributed by atoms with E-state index in [0.29, 0.717) is 28.6 Å². The van der Waals surface area contributed by atoms with E-state index >= 15 is 0 Å². The topological polar surface area (TPSA) is 106 Å². The number of halogens is 3. The van der Waals surface area contributed by atoms with Crippen LogP contribution < -0.4 is 16.4 Å². The minimum absolute atomic E-state index is 0.0736. The Morgan fingerprint density at radius 3 is 1.53 bits per heavy atom. The Hall–Kier alpha value is -7.23. The first-order valence-corrected chi connectivity index (χ1v) is 27.7. The van der Waals surface area contributed by atoms with Gasteiger partial charge in [-0.3, -0.25) is 24.3 Å². The number of aliphatic hydroxyl groups excluding tert-OH is 1. The van der Waals surface area contributed by atoms with Crippen LogP contribution in [0.15, 0.2) is 180 Å². The number of hydrogen-bond acceptors (Lipinski definition) is 7. The van der Waals surface area contributed by atoms with Crippen molar-refractivity contribution in [3.8, 4) is 0 Å². The highest BCUT2D eigenvalue weighted by Crippen LogP contribution is 2.22. The first-order chi connectivity index (χ1) is 38.2. The fourth-order valence-corrected chi connectivity index (χ4v) is 11.3. The van der Waals surface area contributed by atoms with E-state index in [4.69, 9.17) is 16.7 Å². The van der Waals surface area contributed by atoms with Gasteiger partial charge in [0.2, 0.25) is 0 Å². The molecule has 0 amide bonds. The Labute approximate surface area is 458 Å². The lowest BCUT2D eigenvalue weighted by Gasteiger charge is -2.29. The smallest absolute Gasteiger partial charge is 0.275 e. The summed E-state index contributed by atoms with van der Waals surface area (Å²) in [6.07, 6.45) is 8.14. The zero-order valence-electron chi connectivity index (χ0n) is 44.0. The van der Waals surface area contributed by atoms with Gasteiger partial charge >= 0.3 is 0 Å². The quantitative estimate of drug-likeness (QED) is 0.137. The van der Waals surface area contributed by atoms with Crippen molar-refractivity contribution in [2.75, 3.05) is 58.3 Å². The second kappa shape index (κ2) is 25.9. The summed E-state index contributed by atoms with van der Waals surface area (Å²) in [5.74, 6) is 0.0565. The van der Waals surface area contributed by atoms with Gasteiger partial charge in [0.25, 0.3) is 11.1 Å². The second-order valence-electron chi connectivity index (χ2n) is 20.2. The Morgan fingerprint density at radius 1 is 0.474 bits per heavy atom. The van der Waals surface area contributed by atoms with E-state index in [9.17, 15) is 18.4 Å². The van der Waals surface area contributed by atoms with Crippen LogP contribution in [-0.2, 0) is 58.4 Å². The standard InChI is InChI=1S/C22H20FN3O.C11H14ClN.C11H7FN2O.C11H15NO.C9H11N/c23-18-7-8-19-21(14-18)26(22(27)20-6-3-10-25(19)20)13-12-24-11-9-16-4-1-2-5-17(16)15-24;12-6-8-13-7-5-10-3-1-2-4-11(10)9-13;12-7-3-4-9-8(6-7)13-11(15)10-2-1-5-14(9)10;13-8-7-12-6-5-10-3-1-2-4-11(10)9-12;1-2-4-9-7-10-6-5-8(9)3-1/h1-8,10,14H,9,11-13,15H2;1-4H,5-9H2;1-6H,(H,13,15);1-4,13H,5-9H2;1-4,10H,5-7H2. The zero-order valence-corrected chi connectivity index (χ0v) is 44.7. The van der Waals surface area contributed by atoms with E-state index in [1.54, 1.807) is 39.4 Å². The molecule has 0 aliphatic carbocycles. The fourth-order valence-electron chi connectivity index (χ4n) is 11.1. The lowest BCUT2D eigenvalue weighted by atomic mass is 10.00. The molecule has 0 spiro atoms. The average molecular weight is 1070 g/mol. The van der Waals surface area contributed by atoms with Gasteiger partial charge in [-0.25, -0.2) is 8.78 Å². The van der Waals surface area contributed by atoms with Gasteiger partial charge in [0.15, 0.2) is 0 Å². The molecule has 0 saturated heterocycles. The third-order valence-corrected chi connectivity index (χ3v) is 15.4. The van der Waals surface area contributed by atoms with E-state index in [0.717, 1.165) is 102 Å². The molecule has 78 heavy (non-hydrogen) atoms. The van der Waals surface area contributed by atoms with Crippen LogP contribution in [-0.4, -0.2) is 96.5 Å². The molecule has 4 aromatic heterocycles. The number of β-amino-alcohol motifs (C(OH)–C–C–N with tert-alkyl or cyclic N) is 1. The number of aliphatic hydroxyl groups is 1. The van der Waals surface area contributed by atoms with Crippen LogP contribution in [0.2, 0.25) is 0 Å². The summed E-state index contributed by atoms with van der Waals surface area (Å²) in [7, 11) is 0. The summed E-state index contributed by atoms with van der Waals surface area (Å²) in [4.78, 5) is 34.3. The average Bonchev–Trinajstić information content (AvgIpc) is 4.23. The molecule has 3 N–H and O–H groups in total. The van der Waals surface area contributed by atoms with E-state index in [-0.39, 0.29) is 29.4 Å². The van der Waals surface area contributed by atoms with Crippen molar-refractivity contribution in [1.29, 1.82) is 0 Å². The van der Waals surface area contributed by atoms with Gasteiger partial charge in [-0.05, 0) is 137 Å². The van der Waals surface area contributed by atoms with Crippen LogP contribution in [0.3, 0.4) is 0 Å². The third-order valence-electron chi connectivity index (χ3n) is 15.2. The van der Waals surface area contributed by atoms with Gasteiger partial charge in [0.05, 0.1) is 28.7 Å². The molecule has 0 bridgehead atoms. The molecule has 6 aromatic carbocycles. The fraction of sp³-hybridized carbons (Fsp3) is 0.281. The van der Waals surface area contributed by atoms with Crippen molar-refractivity contribution in [1.82, 2.24) is 38.4 Å². The maximum absolute atomic E-state index is 13.9. The van der Waals surface area contributed by atoms with Crippen molar-refractivity contribution >= 4 is 44.7 Å². The highest BCUT2D eigenvalue weighted by Gasteiger charge is 2.19. The molecule has 4 aliphatic heterocycles. The highest BCUT2D eigenvalue weighted by molar-refractivity contribution is 6.18. The van der Waals surface area contributed by atoms with Crippen molar-refractivity contribution < 1.29 is 13.9 Å². The number of H-pyrrole nitrogens is 1. The van der Waals surface area contributed by atoms with Crippen molar-refractivity contribution in [2.24, 2.45) is 0 Å². The van der Waals surface area contributed by atoms with Crippen LogP contribution in [0.4, 0.5) is 8.78 Å². The van der Waals surface area contributed by atoms with E-state index in [1.807, 2.05) is 22.7 Å². The molecule has 14 rings (SSSR count). The molecule has 11 nitrogen and oxygen atoms in total. The molecule has 14 heteroatoms. The summed E-state index contributed by atoms with van der Waals surface area (Å²) >= 11 is 5.72. The lowest BCUT2D eigenvalue weighted by molar-refractivity contribution is 0.184. The molecular formula is C64H67ClF2N8O3. The number of nitrogens with one attached hydrogen (secondary N) is 2. The maximum Gasteiger partial charge on any atom is 0.275 e. The molecule has 402 valence electrons. The number of nitrogens with zero attached hydrogens (tertiary/aromatic N) is 6. The van der Waals surface area contributed by atoms with Gasteiger partial charge < -0.3 is 28.8 Å².